The fourth-order valence-electron chi connectivity index (χ4n) is 3.52. The first-order chi connectivity index (χ1) is 17.2. The van der Waals surface area contributed by atoms with Gasteiger partial charge in [-0.25, -0.2) is 9.97 Å². The molecule has 3 aromatic carbocycles. The Morgan fingerprint density at radius 1 is 0.743 bits per heavy atom. The average molecular weight is 456 g/mol. The standard InChI is InChI=1S/C31H25N3O/c1-2-13-25(18-9-11-20-27(32)26-19-10-12-21-30(26)35)31-33-28(23-14-5-3-6-15-23)22-29(34-31)24-16-7-4-8-17-24/h2-22,32,35H,1H2/b18-9-,20-11-,25-13+,32-27?. The van der Waals surface area contributed by atoms with Gasteiger partial charge in [-0.1, -0.05) is 110 Å². The van der Waals surface area contributed by atoms with Crippen molar-refractivity contribution in [2.45, 2.75) is 0 Å². The van der Waals surface area contributed by atoms with Crippen LogP contribution in [0.15, 0.2) is 134 Å². The van der Waals surface area contributed by atoms with Crippen molar-refractivity contribution in [3.63, 3.8) is 0 Å². The second-order valence-electron chi connectivity index (χ2n) is 7.70. The van der Waals surface area contributed by atoms with Crippen LogP contribution >= 0.6 is 0 Å². The molecule has 0 unspecified atom stereocenters. The molecule has 4 nitrogen and oxygen atoms in total. The van der Waals surface area contributed by atoms with Gasteiger partial charge in [0.15, 0.2) is 5.82 Å². The minimum absolute atomic E-state index is 0.0814. The van der Waals surface area contributed by atoms with Crippen LogP contribution in [0, 0.1) is 5.41 Å². The van der Waals surface area contributed by atoms with E-state index in [0.29, 0.717) is 11.4 Å². The van der Waals surface area contributed by atoms with Crippen LogP contribution in [0.5, 0.6) is 5.75 Å². The molecule has 0 atom stereocenters. The lowest BCUT2D eigenvalue weighted by atomic mass is 10.1. The highest BCUT2D eigenvalue weighted by atomic mass is 16.3. The van der Waals surface area contributed by atoms with Crippen LogP contribution in [0.1, 0.15) is 11.4 Å². The summed E-state index contributed by atoms with van der Waals surface area (Å²) in [5.41, 5.74) is 5.15. The SMILES string of the molecule is C=C\C=C(/C=C\C=C/C(=N)c1ccccc1O)c1nc(-c2ccccc2)cc(-c2ccccc2)n1. The molecule has 2 N–H and O–H groups in total. The molecule has 0 saturated heterocycles. The number of allylic oxidation sites excluding steroid dienone is 7. The summed E-state index contributed by atoms with van der Waals surface area (Å²) in [6.07, 6.45) is 10.7. The molecule has 0 fully saturated rings. The molecule has 4 rings (SSSR count). The summed E-state index contributed by atoms with van der Waals surface area (Å²) in [5, 5.41) is 18.2. The molecule has 0 aliphatic carbocycles. The molecule has 0 aliphatic heterocycles. The predicted octanol–water partition coefficient (Wildman–Crippen LogP) is 7.27. The van der Waals surface area contributed by atoms with Crippen LogP contribution < -0.4 is 0 Å². The maximum atomic E-state index is 9.95. The number of aromatic hydroxyl groups is 1. The minimum Gasteiger partial charge on any atom is -0.507 e. The van der Waals surface area contributed by atoms with Crippen molar-refractivity contribution in [1.82, 2.24) is 9.97 Å². The number of rotatable bonds is 8. The summed E-state index contributed by atoms with van der Waals surface area (Å²) in [7, 11) is 0. The summed E-state index contributed by atoms with van der Waals surface area (Å²) in [6, 6.07) is 28.8. The molecule has 1 heterocycles. The molecular formula is C31H25N3O. The van der Waals surface area contributed by atoms with Gasteiger partial charge < -0.3 is 10.5 Å². The van der Waals surface area contributed by atoms with E-state index >= 15 is 0 Å². The van der Waals surface area contributed by atoms with Crippen LogP contribution in [0.25, 0.3) is 28.1 Å². The van der Waals surface area contributed by atoms with E-state index in [2.05, 4.69) is 6.58 Å². The van der Waals surface area contributed by atoms with Gasteiger partial charge in [0, 0.05) is 22.3 Å². The van der Waals surface area contributed by atoms with Crippen LogP contribution in [-0.4, -0.2) is 20.8 Å². The van der Waals surface area contributed by atoms with E-state index in [-0.39, 0.29) is 11.5 Å². The zero-order chi connectivity index (χ0) is 24.5. The average Bonchev–Trinajstić information content (AvgIpc) is 2.91. The van der Waals surface area contributed by atoms with Crippen molar-refractivity contribution in [2.75, 3.05) is 0 Å². The summed E-state index contributed by atoms with van der Waals surface area (Å²) in [5.74, 6) is 0.656. The molecule has 4 heteroatoms. The van der Waals surface area contributed by atoms with Crippen molar-refractivity contribution < 1.29 is 5.11 Å². The zero-order valence-electron chi connectivity index (χ0n) is 19.2. The maximum Gasteiger partial charge on any atom is 0.160 e. The highest BCUT2D eigenvalue weighted by Gasteiger charge is 2.10. The molecule has 0 saturated carbocycles. The number of benzene rings is 3. The van der Waals surface area contributed by atoms with Crippen molar-refractivity contribution in [1.29, 1.82) is 5.41 Å². The van der Waals surface area contributed by atoms with Gasteiger partial charge in [0.05, 0.1) is 17.1 Å². The Kier molecular flexibility index (Phi) is 7.56. The number of nitrogens with zero attached hydrogens (tertiary/aromatic N) is 2. The second-order valence-corrected chi connectivity index (χ2v) is 7.70. The largest absolute Gasteiger partial charge is 0.507 e. The van der Waals surface area contributed by atoms with Crippen molar-refractivity contribution in [3.05, 3.63) is 145 Å². The van der Waals surface area contributed by atoms with Gasteiger partial charge in [-0.15, -0.1) is 0 Å². The zero-order valence-corrected chi connectivity index (χ0v) is 19.2. The third-order valence-electron chi connectivity index (χ3n) is 5.26. The third kappa shape index (κ3) is 5.95. The number of phenolic OH excluding ortho intramolecular Hbond substituents is 1. The van der Waals surface area contributed by atoms with Crippen molar-refractivity contribution >= 4 is 11.3 Å². The Hall–Kier alpha value is -4.83. The fourth-order valence-corrected chi connectivity index (χ4v) is 3.52. The number of aromatic nitrogens is 2. The van der Waals surface area contributed by atoms with Crippen molar-refractivity contribution in [3.8, 4) is 28.3 Å². The normalized spacial score (nSPS) is 11.7. The van der Waals surface area contributed by atoms with E-state index in [1.54, 1.807) is 42.5 Å². The van der Waals surface area contributed by atoms with Gasteiger partial charge in [0.1, 0.15) is 5.75 Å². The van der Waals surface area contributed by atoms with E-state index in [9.17, 15) is 5.11 Å². The minimum atomic E-state index is 0.0814. The smallest absolute Gasteiger partial charge is 0.160 e. The van der Waals surface area contributed by atoms with Gasteiger partial charge in [-0.2, -0.15) is 0 Å². The van der Waals surface area contributed by atoms with E-state index in [0.717, 1.165) is 28.1 Å². The fraction of sp³-hybridized carbons (Fsp3) is 0. The molecule has 0 bridgehead atoms. The third-order valence-corrected chi connectivity index (χ3v) is 5.26. The summed E-state index contributed by atoms with van der Waals surface area (Å²) in [4.78, 5) is 9.69. The van der Waals surface area contributed by atoms with Gasteiger partial charge in [0.25, 0.3) is 0 Å². The molecule has 1 aromatic heterocycles. The van der Waals surface area contributed by atoms with Gasteiger partial charge in [-0.3, -0.25) is 0 Å². The van der Waals surface area contributed by atoms with Gasteiger partial charge in [0.2, 0.25) is 0 Å². The molecule has 35 heavy (non-hydrogen) atoms. The number of para-hydroxylation sites is 1. The highest BCUT2D eigenvalue weighted by Crippen LogP contribution is 2.26. The molecular weight excluding hydrogens is 430 g/mol. The lowest BCUT2D eigenvalue weighted by Crippen LogP contribution is -1.98. The Balaban J connectivity index is 1.68. The number of hydrogen-bond acceptors (Lipinski definition) is 4. The molecule has 0 spiro atoms. The van der Waals surface area contributed by atoms with Gasteiger partial charge >= 0.3 is 0 Å². The number of nitrogens with one attached hydrogen (secondary N) is 1. The van der Waals surface area contributed by atoms with Crippen LogP contribution in [0.4, 0.5) is 0 Å². The van der Waals surface area contributed by atoms with E-state index in [4.69, 9.17) is 15.4 Å². The quantitative estimate of drug-likeness (QED) is 0.217. The topological polar surface area (TPSA) is 69.9 Å². The lowest BCUT2D eigenvalue weighted by Gasteiger charge is -2.09. The van der Waals surface area contributed by atoms with Crippen LogP contribution in [-0.2, 0) is 0 Å². The summed E-state index contributed by atoms with van der Waals surface area (Å²) >= 11 is 0. The van der Waals surface area contributed by atoms with E-state index in [1.807, 2.05) is 85.0 Å². The predicted molar refractivity (Wildman–Crippen MR) is 144 cm³/mol. The first kappa shape index (κ1) is 23.3. The first-order valence-corrected chi connectivity index (χ1v) is 11.2. The van der Waals surface area contributed by atoms with Crippen molar-refractivity contribution in [2.24, 2.45) is 0 Å². The van der Waals surface area contributed by atoms with Crippen LogP contribution in [0.2, 0.25) is 0 Å². The molecule has 0 radical (unpaired) electrons. The van der Waals surface area contributed by atoms with E-state index < -0.39 is 0 Å². The maximum absolute atomic E-state index is 9.95. The summed E-state index contributed by atoms with van der Waals surface area (Å²) < 4.78 is 0. The molecule has 4 aromatic rings. The Bertz CT molecular complexity index is 1360. The molecule has 0 amide bonds. The monoisotopic (exact) mass is 455 g/mol. The van der Waals surface area contributed by atoms with E-state index in [1.165, 1.54) is 0 Å². The number of hydrogen-bond donors (Lipinski definition) is 2. The molecule has 0 aliphatic rings. The van der Waals surface area contributed by atoms with Crippen LogP contribution in [0.3, 0.4) is 0 Å². The number of phenols is 1. The Morgan fingerprint density at radius 3 is 1.86 bits per heavy atom. The molecule has 170 valence electrons. The second kappa shape index (κ2) is 11.3. The Labute approximate surface area is 205 Å². The lowest BCUT2D eigenvalue weighted by molar-refractivity contribution is 0.474. The Morgan fingerprint density at radius 2 is 1.29 bits per heavy atom. The highest BCUT2D eigenvalue weighted by molar-refractivity contribution is 6.08. The first-order valence-electron chi connectivity index (χ1n) is 11.2. The summed E-state index contributed by atoms with van der Waals surface area (Å²) in [6.45, 7) is 3.85. The van der Waals surface area contributed by atoms with Gasteiger partial charge in [-0.05, 0) is 24.3 Å².